The average Bonchev–Trinajstić information content (AvgIpc) is 3.91. The van der Waals surface area contributed by atoms with Gasteiger partial charge in [-0.2, -0.15) is 10.2 Å². The molecule has 1 saturated heterocycles. The van der Waals surface area contributed by atoms with E-state index >= 15 is 0 Å². The number of hydrogen-bond acceptors (Lipinski definition) is 11. The van der Waals surface area contributed by atoms with E-state index in [0.717, 1.165) is 24.3 Å². The lowest BCUT2D eigenvalue weighted by Crippen LogP contribution is -2.07. The molecule has 2 aromatic heterocycles. The van der Waals surface area contributed by atoms with Crippen LogP contribution in [0.2, 0.25) is 10.3 Å². The van der Waals surface area contributed by atoms with E-state index in [2.05, 4.69) is 10.2 Å². The Bertz CT molecular complexity index is 1940. The molecule has 0 N–H and O–H groups in total. The van der Waals surface area contributed by atoms with Gasteiger partial charge in [-0.25, -0.2) is 19.0 Å². The van der Waals surface area contributed by atoms with Crippen LogP contribution in [-0.2, 0) is 43.3 Å². The Morgan fingerprint density at radius 1 is 0.800 bits per heavy atom. The molecular weight excluding hydrogens is 775 g/mol. The SMILES string of the molecule is C1CCOC1.CCOC(=O)c1cccc(Cn2nc(C(C)=O)c(C=COC)c2Cl)c1.CCOC(=O)c1cccc(Cn2nc(C(C)=O)c(CC=O)c2Cl)c1.Cl. The summed E-state index contributed by atoms with van der Waals surface area (Å²) in [4.78, 5) is 57.9. The number of hydrogen-bond donors (Lipinski definition) is 0. The van der Waals surface area contributed by atoms with E-state index in [1.165, 1.54) is 49.4 Å². The van der Waals surface area contributed by atoms with Gasteiger partial charge in [-0.3, -0.25) is 9.59 Å². The molecule has 2 aromatic carbocycles. The van der Waals surface area contributed by atoms with Gasteiger partial charge in [0.1, 0.15) is 28.0 Å². The number of rotatable bonds is 14. The third-order valence-corrected chi connectivity index (χ3v) is 8.42. The largest absolute Gasteiger partial charge is 0.504 e. The first-order valence-electron chi connectivity index (χ1n) is 17.2. The maximum absolute atomic E-state index is 11.8. The van der Waals surface area contributed by atoms with Crippen molar-refractivity contribution in [2.24, 2.45) is 0 Å². The number of carbonyl (C=O) groups is 5. The summed E-state index contributed by atoms with van der Waals surface area (Å²) in [5.74, 6) is -1.24. The molecule has 0 amide bonds. The Kier molecular flexibility index (Phi) is 20.1. The highest BCUT2D eigenvalue weighted by Crippen LogP contribution is 2.24. The average molecular weight is 820 g/mol. The van der Waals surface area contributed by atoms with Crippen LogP contribution in [0.4, 0.5) is 0 Å². The predicted octanol–water partition coefficient (Wildman–Crippen LogP) is 7.51. The summed E-state index contributed by atoms with van der Waals surface area (Å²) in [6, 6.07) is 13.9. The second-order valence-electron chi connectivity index (χ2n) is 11.7. The van der Waals surface area contributed by atoms with Crippen LogP contribution in [0.5, 0.6) is 0 Å². The monoisotopic (exact) mass is 818 g/mol. The molecule has 0 bridgehead atoms. The van der Waals surface area contributed by atoms with Gasteiger partial charge in [0.15, 0.2) is 11.6 Å². The molecule has 5 rings (SSSR count). The molecule has 13 nitrogen and oxygen atoms in total. The van der Waals surface area contributed by atoms with Gasteiger partial charge in [-0.15, -0.1) is 12.4 Å². The van der Waals surface area contributed by atoms with Gasteiger partial charge in [0, 0.05) is 44.6 Å². The van der Waals surface area contributed by atoms with Gasteiger partial charge < -0.3 is 23.7 Å². The van der Waals surface area contributed by atoms with E-state index in [1.807, 2.05) is 12.1 Å². The highest BCUT2D eigenvalue weighted by Gasteiger charge is 2.20. The number of esters is 2. The van der Waals surface area contributed by atoms with Crippen LogP contribution in [0.1, 0.15) is 104 Å². The van der Waals surface area contributed by atoms with Gasteiger partial charge in [-0.1, -0.05) is 47.5 Å². The fourth-order valence-corrected chi connectivity index (χ4v) is 5.63. The fourth-order valence-electron chi connectivity index (χ4n) is 5.11. The first-order valence-corrected chi connectivity index (χ1v) is 18.0. The molecule has 0 aliphatic carbocycles. The van der Waals surface area contributed by atoms with Gasteiger partial charge in [0.25, 0.3) is 0 Å². The number of nitrogens with zero attached hydrogens (tertiary/aromatic N) is 4. The fraction of sp³-hybridized carbons (Fsp3) is 0.359. The van der Waals surface area contributed by atoms with Gasteiger partial charge in [-0.05, 0) is 68.2 Å². The molecule has 16 heteroatoms. The van der Waals surface area contributed by atoms with Gasteiger partial charge in [0.05, 0.1) is 50.8 Å². The van der Waals surface area contributed by atoms with E-state index in [0.29, 0.717) is 53.5 Å². The number of aldehydes is 1. The Labute approximate surface area is 336 Å². The van der Waals surface area contributed by atoms with Crippen LogP contribution < -0.4 is 0 Å². The van der Waals surface area contributed by atoms with Crippen LogP contribution in [0.15, 0.2) is 54.8 Å². The van der Waals surface area contributed by atoms with Crippen molar-refractivity contribution in [2.75, 3.05) is 33.5 Å². The molecular formula is C39H45Cl3N4O9. The lowest BCUT2D eigenvalue weighted by Gasteiger charge is -2.06. The summed E-state index contributed by atoms with van der Waals surface area (Å²) >= 11 is 12.6. The molecule has 55 heavy (non-hydrogen) atoms. The van der Waals surface area contributed by atoms with Crippen LogP contribution in [0, 0.1) is 0 Å². The van der Waals surface area contributed by atoms with E-state index in [1.54, 1.807) is 56.3 Å². The van der Waals surface area contributed by atoms with Crippen molar-refractivity contribution >= 4 is 71.5 Å². The molecule has 0 radical (unpaired) electrons. The zero-order chi connectivity index (χ0) is 39.6. The maximum atomic E-state index is 11.8. The molecule has 1 fully saturated rings. The van der Waals surface area contributed by atoms with E-state index in [-0.39, 0.29) is 59.4 Å². The zero-order valence-corrected chi connectivity index (χ0v) is 33.7. The van der Waals surface area contributed by atoms with Crippen molar-refractivity contribution < 1.29 is 42.9 Å². The topological polar surface area (TPSA) is 158 Å². The molecule has 0 saturated carbocycles. The molecule has 1 aliphatic rings. The molecule has 0 spiro atoms. The second kappa shape index (κ2) is 23.9. The van der Waals surface area contributed by atoms with Crippen LogP contribution in [0.3, 0.4) is 0 Å². The number of Topliss-reactive ketones (excluding diaryl/α,β-unsaturated/α-hetero) is 2. The highest BCUT2D eigenvalue weighted by molar-refractivity contribution is 6.32. The normalized spacial score (nSPS) is 11.7. The third-order valence-electron chi connectivity index (χ3n) is 7.60. The first-order chi connectivity index (χ1) is 25.9. The third kappa shape index (κ3) is 13.8. The van der Waals surface area contributed by atoms with Crippen molar-refractivity contribution in [1.29, 1.82) is 0 Å². The first kappa shape index (κ1) is 46.3. The minimum atomic E-state index is -0.406. The zero-order valence-electron chi connectivity index (χ0n) is 31.3. The standard InChI is InChI=1S/C18H19ClN2O4.C17H17ClN2O4.C4H8O.ClH/c1-4-25-18(23)14-7-5-6-13(10-14)11-21-17(19)15(8-9-24-3)16(20-21)12(2)22;1-3-24-17(23)13-6-4-5-12(9-13)10-20-16(18)14(7-8-21)15(19-20)11(2)22;1-2-4-5-3-1;/h5-10H,4,11H2,1-3H3;4-6,8-9H,3,7,10H2,1-2H3;1-4H2;1H. The van der Waals surface area contributed by atoms with Crippen molar-refractivity contribution in [2.45, 2.75) is 60.0 Å². The summed E-state index contributed by atoms with van der Waals surface area (Å²) in [6.45, 7) is 9.48. The summed E-state index contributed by atoms with van der Waals surface area (Å²) < 4.78 is 22.8. The lowest BCUT2D eigenvalue weighted by molar-refractivity contribution is -0.107. The minimum absolute atomic E-state index is 0. The molecule has 296 valence electrons. The van der Waals surface area contributed by atoms with Crippen LogP contribution >= 0.6 is 35.6 Å². The van der Waals surface area contributed by atoms with Crippen LogP contribution in [-0.4, -0.2) is 82.9 Å². The highest BCUT2D eigenvalue weighted by atomic mass is 35.5. The van der Waals surface area contributed by atoms with Crippen molar-refractivity contribution in [3.63, 3.8) is 0 Å². The molecule has 0 atom stereocenters. The number of carbonyl (C=O) groups excluding carboxylic acids is 5. The number of halogens is 3. The maximum Gasteiger partial charge on any atom is 0.338 e. The van der Waals surface area contributed by atoms with Crippen LogP contribution in [0.25, 0.3) is 6.08 Å². The number of benzene rings is 2. The van der Waals surface area contributed by atoms with Crippen molar-refractivity contribution in [3.8, 4) is 0 Å². The van der Waals surface area contributed by atoms with E-state index < -0.39 is 5.97 Å². The molecule has 0 unspecified atom stereocenters. The Morgan fingerprint density at radius 2 is 1.29 bits per heavy atom. The Balaban J connectivity index is 0.000000331. The summed E-state index contributed by atoms with van der Waals surface area (Å²) in [5, 5.41) is 9.04. The van der Waals surface area contributed by atoms with Gasteiger partial charge in [0.2, 0.25) is 0 Å². The molecule has 3 heterocycles. The quantitative estimate of drug-likeness (QED) is 0.0537. The van der Waals surface area contributed by atoms with Crippen molar-refractivity contribution in [1.82, 2.24) is 19.6 Å². The van der Waals surface area contributed by atoms with E-state index in [4.69, 9.17) is 42.1 Å². The summed E-state index contributed by atoms with van der Waals surface area (Å²) in [6.07, 6.45) is 6.29. The summed E-state index contributed by atoms with van der Waals surface area (Å²) in [7, 11) is 1.50. The minimum Gasteiger partial charge on any atom is -0.504 e. The smallest absolute Gasteiger partial charge is 0.338 e. The number of methoxy groups -OCH3 is 1. The number of ether oxygens (including phenoxy) is 4. The number of ketones is 2. The molecule has 4 aromatic rings. The van der Waals surface area contributed by atoms with Crippen molar-refractivity contribution in [3.05, 3.63) is 110 Å². The lowest BCUT2D eigenvalue weighted by atomic mass is 10.1. The molecule has 1 aliphatic heterocycles. The van der Waals surface area contributed by atoms with E-state index in [9.17, 15) is 24.0 Å². The van der Waals surface area contributed by atoms with Gasteiger partial charge >= 0.3 is 11.9 Å². The Morgan fingerprint density at radius 3 is 1.71 bits per heavy atom. The Hall–Kier alpha value is -4.82. The summed E-state index contributed by atoms with van der Waals surface area (Å²) in [5.41, 5.74) is 3.84. The number of aromatic nitrogens is 4. The predicted molar refractivity (Wildman–Crippen MR) is 211 cm³/mol. The second-order valence-corrected chi connectivity index (χ2v) is 12.4.